The Bertz CT molecular complexity index is 283. The smallest absolute Gasteiger partial charge is 0.302 e. The molecule has 0 spiro atoms. The van der Waals surface area contributed by atoms with Gasteiger partial charge in [0, 0.05) is 20.8 Å². The van der Waals surface area contributed by atoms with Crippen LogP contribution in [0, 0.1) is 0 Å². The lowest BCUT2D eigenvalue weighted by molar-refractivity contribution is -0.154. The van der Waals surface area contributed by atoms with Crippen LogP contribution in [0.1, 0.15) is 27.7 Å². The summed E-state index contributed by atoms with van der Waals surface area (Å²) < 4.78 is 14.8. The van der Waals surface area contributed by atoms with E-state index in [-0.39, 0.29) is 19.8 Å². The van der Waals surface area contributed by atoms with Crippen molar-refractivity contribution in [3.63, 3.8) is 0 Å². The SMILES string of the molecule is CCNC(COC(C)=O)(COC(C)=O)COC(C)=O. The molecular formula is C12H21NO6. The first kappa shape index (κ1) is 17.4. The van der Waals surface area contributed by atoms with Gasteiger partial charge in [0.1, 0.15) is 25.4 Å². The maximum atomic E-state index is 10.9. The zero-order valence-corrected chi connectivity index (χ0v) is 11.8. The van der Waals surface area contributed by atoms with Crippen molar-refractivity contribution in [1.82, 2.24) is 5.32 Å². The maximum Gasteiger partial charge on any atom is 0.302 e. The van der Waals surface area contributed by atoms with E-state index in [2.05, 4.69) is 5.32 Å². The molecule has 19 heavy (non-hydrogen) atoms. The quantitative estimate of drug-likeness (QED) is 0.493. The molecular weight excluding hydrogens is 254 g/mol. The first-order chi connectivity index (χ1) is 8.81. The third-order valence-electron chi connectivity index (χ3n) is 2.21. The van der Waals surface area contributed by atoms with Crippen LogP contribution in [0.3, 0.4) is 0 Å². The van der Waals surface area contributed by atoms with Crippen molar-refractivity contribution in [3.8, 4) is 0 Å². The fourth-order valence-corrected chi connectivity index (χ4v) is 1.37. The monoisotopic (exact) mass is 275 g/mol. The summed E-state index contributed by atoms with van der Waals surface area (Å²) in [5, 5.41) is 3.03. The van der Waals surface area contributed by atoms with E-state index in [4.69, 9.17) is 14.2 Å². The van der Waals surface area contributed by atoms with Crippen LogP contribution in [0.2, 0.25) is 0 Å². The molecule has 0 amide bonds. The number of nitrogens with one attached hydrogen (secondary N) is 1. The normalized spacial score (nSPS) is 10.7. The van der Waals surface area contributed by atoms with Crippen molar-refractivity contribution in [2.24, 2.45) is 0 Å². The largest absolute Gasteiger partial charge is 0.464 e. The molecule has 0 heterocycles. The van der Waals surface area contributed by atoms with Crippen LogP contribution in [0.5, 0.6) is 0 Å². The number of carbonyl (C=O) groups excluding carboxylic acids is 3. The highest BCUT2D eigenvalue weighted by Crippen LogP contribution is 2.09. The number of esters is 3. The second kappa shape index (κ2) is 8.47. The first-order valence-electron chi connectivity index (χ1n) is 5.96. The number of carbonyl (C=O) groups is 3. The van der Waals surface area contributed by atoms with Gasteiger partial charge in [-0.3, -0.25) is 14.4 Å². The van der Waals surface area contributed by atoms with Crippen LogP contribution in [-0.4, -0.2) is 49.8 Å². The lowest BCUT2D eigenvalue weighted by Gasteiger charge is -2.32. The summed E-state index contributed by atoms with van der Waals surface area (Å²) in [6, 6.07) is 0. The van der Waals surface area contributed by atoms with Crippen LogP contribution in [0.25, 0.3) is 0 Å². The standard InChI is InChI=1S/C12H21NO6/c1-5-13-12(6-17-9(2)14,7-18-10(3)15)8-19-11(4)16/h13H,5-8H2,1-4H3. The molecule has 0 atom stereocenters. The van der Waals surface area contributed by atoms with Gasteiger partial charge in [-0.25, -0.2) is 0 Å². The summed E-state index contributed by atoms with van der Waals surface area (Å²) in [6.07, 6.45) is 0. The summed E-state index contributed by atoms with van der Waals surface area (Å²) in [5.74, 6) is -1.39. The van der Waals surface area contributed by atoms with Gasteiger partial charge in [0.05, 0.1) is 0 Å². The highest BCUT2D eigenvalue weighted by atomic mass is 16.6. The Morgan fingerprint density at radius 3 is 1.37 bits per heavy atom. The molecule has 0 rings (SSSR count). The Kier molecular flexibility index (Phi) is 7.74. The highest BCUT2D eigenvalue weighted by molar-refractivity contribution is 5.67. The Morgan fingerprint density at radius 1 is 0.842 bits per heavy atom. The molecule has 1 N–H and O–H groups in total. The summed E-state index contributed by atoms with van der Waals surface area (Å²) in [4.78, 5) is 32.7. The molecule has 0 radical (unpaired) electrons. The van der Waals surface area contributed by atoms with Gasteiger partial charge in [0.25, 0.3) is 0 Å². The minimum atomic E-state index is -0.933. The zero-order chi connectivity index (χ0) is 14.9. The van der Waals surface area contributed by atoms with Gasteiger partial charge in [-0.15, -0.1) is 0 Å². The van der Waals surface area contributed by atoms with Gasteiger partial charge in [-0.05, 0) is 6.54 Å². The molecule has 0 aromatic rings. The third-order valence-corrected chi connectivity index (χ3v) is 2.21. The molecule has 0 bridgehead atoms. The molecule has 0 aliphatic heterocycles. The van der Waals surface area contributed by atoms with E-state index in [1.54, 1.807) is 0 Å². The van der Waals surface area contributed by atoms with Gasteiger partial charge >= 0.3 is 17.9 Å². The Labute approximate surface area is 112 Å². The Balaban J connectivity index is 4.79. The topological polar surface area (TPSA) is 90.9 Å². The van der Waals surface area contributed by atoms with Gasteiger partial charge in [-0.2, -0.15) is 0 Å². The second-order valence-corrected chi connectivity index (χ2v) is 4.15. The maximum absolute atomic E-state index is 10.9. The highest BCUT2D eigenvalue weighted by Gasteiger charge is 2.34. The number of rotatable bonds is 8. The van der Waals surface area contributed by atoms with Crippen molar-refractivity contribution in [1.29, 1.82) is 0 Å². The van der Waals surface area contributed by atoms with Crippen LogP contribution in [-0.2, 0) is 28.6 Å². The van der Waals surface area contributed by atoms with Crippen molar-refractivity contribution >= 4 is 17.9 Å². The molecule has 0 saturated carbocycles. The van der Waals surface area contributed by atoms with Gasteiger partial charge in [0.15, 0.2) is 0 Å². The lowest BCUT2D eigenvalue weighted by atomic mass is 10.0. The van der Waals surface area contributed by atoms with E-state index in [1.807, 2.05) is 6.92 Å². The van der Waals surface area contributed by atoms with Crippen LogP contribution >= 0.6 is 0 Å². The van der Waals surface area contributed by atoms with Crippen molar-refractivity contribution < 1.29 is 28.6 Å². The zero-order valence-electron chi connectivity index (χ0n) is 11.8. The predicted octanol–water partition coefficient (Wildman–Crippen LogP) is 0.0240. The second-order valence-electron chi connectivity index (χ2n) is 4.15. The van der Waals surface area contributed by atoms with Gasteiger partial charge in [0.2, 0.25) is 0 Å². The van der Waals surface area contributed by atoms with E-state index < -0.39 is 23.4 Å². The van der Waals surface area contributed by atoms with Crippen molar-refractivity contribution in [3.05, 3.63) is 0 Å². The number of ether oxygens (including phenoxy) is 3. The lowest BCUT2D eigenvalue weighted by Crippen LogP contribution is -2.57. The average molecular weight is 275 g/mol. The minimum absolute atomic E-state index is 0.0588. The third kappa shape index (κ3) is 8.15. The van der Waals surface area contributed by atoms with E-state index in [1.165, 1.54) is 20.8 Å². The van der Waals surface area contributed by atoms with Crippen LogP contribution < -0.4 is 5.32 Å². The summed E-state index contributed by atoms with van der Waals surface area (Å²) >= 11 is 0. The fraction of sp³-hybridized carbons (Fsp3) is 0.750. The molecule has 0 fully saturated rings. The number of hydrogen-bond acceptors (Lipinski definition) is 7. The molecule has 0 aliphatic rings. The first-order valence-corrected chi connectivity index (χ1v) is 5.96. The number of likely N-dealkylation sites (N-methyl/N-ethyl adjacent to an activating group) is 1. The summed E-state index contributed by atoms with van der Waals surface area (Å²) in [5.41, 5.74) is -0.933. The Hall–Kier alpha value is -1.63. The molecule has 110 valence electrons. The molecule has 0 aromatic carbocycles. The summed E-state index contributed by atoms with van der Waals surface area (Å²) in [7, 11) is 0. The van der Waals surface area contributed by atoms with Gasteiger partial charge < -0.3 is 19.5 Å². The van der Waals surface area contributed by atoms with Crippen LogP contribution in [0.4, 0.5) is 0 Å². The average Bonchev–Trinajstić information content (AvgIpc) is 2.31. The van der Waals surface area contributed by atoms with Gasteiger partial charge in [-0.1, -0.05) is 6.92 Å². The minimum Gasteiger partial charge on any atom is -0.464 e. The molecule has 7 heteroatoms. The van der Waals surface area contributed by atoms with Crippen molar-refractivity contribution in [2.45, 2.75) is 33.2 Å². The van der Waals surface area contributed by atoms with E-state index in [9.17, 15) is 14.4 Å². The molecule has 0 aliphatic carbocycles. The Morgan fingerprint density at radius 2 is 1.16 bits per heavy atom. The van der Waals surface area contributed by atoms with E-state index in [0.717, 1.165) is 0 Å². The predicted molar refractivity (Wildman–Crippen MR) is 66.3 cm³/mol. The summed E-state index contributed by atoms with van der Waals surface area (Å²) in [6.45, 7) is 6.01. The molecule has 7 nitrogen and oxygen atoms in total. The van der Waals surface area contributed by atoms with Crippen molar-refractivity contribution in [2.75, 3.05) is 26.4 Å². The number of hydrogen-bond donors (Lipinski definition) is 1. The van der Waals surface area contributed by atoms with E-state index >= 15 is 0 Å². The van der Waals surface area contributed by atoms with E-state index in [0.29, 0.717) is 6.54 Å². The fourth-order valence-electron chi connectivity index (χ4n) is 1.37. The molecule has 0 aromatic heterocycles. The molecule has 0 saturated heterocycles. The molecule has 0 unspecified atom stereocenters. The van der Waals surface area contributed by atoms with Crippen LogP contribution in [0.15, 0.2) is 0 Å².